The summed E-state index contributed by atoms with van der Waals surface area (Å²) in [6.45, 7) is 3.75. The Morgan fingerprint density at radius 3 is 2.46 bits per heavy atom. The van der Waals surface area contributed by atoms with Crippen LogP contribution in [-0.4, -0.2) is 72.7 Å². The molecule has 1 amide bonds. The van der Waals surface area contributed by atoms with E-state index in [4.69, 9.17) is 9.47 Å². The number of rotatable bonds is 8. The normalized spacial score (nSPS) is 38.3. The number of carbonyl (C=O) groups excluding carboxylic acids is 1. The van der Waals surface area contributed by atoms with Crippen molar-refractivity contribution in [3.05, 3.63) is 18.7 Å². The van der Waals surface area contributed by atoms with Gasteiger partial charge >= 0.3 is 0 Å². The van der Waals surface area contributed by atoms with Crippen molar-refractivity contribution in [3.63, 3.8) is 0 Å². The molecule has 0 spiro atoms. The fourth-order valence-corrected chi connectivity index (χ4v) is 7.25. The monoisotopic (exact) mass is 492 g/mol. The highest BCUT2D eigenvalue weighted by Gasteiger charge is 2.41. The molecular formula is C27H45FN4O3. The first-order chi connectivity index (χ1) is 16.9. The number of aromatic nitrogens is 2. The summed E-state index contributed by atoms with van der Waals surface area (Å²) < 4.78 is 27.4. The van der Waals surface area contributed by atoms with Crippen molar-refractivity contribution >= 4 is 5.91 Å². The lowest BCUT2D eigenvalue weighted by Gasteiger charge is -2.44. The van der Waals surface area contributed by atoms with Crippen LogP contribution >= 0.6 is 0 Å². The smallest absolute Gasteiger partial charge is 0.225 e. The average Bonchev–Trinajstić information content (AvgIpc) is 3.36. The van der Waals surface area contributed by atoms with Crippen molar-refractivity contribution in [1.29, 1.82) is 0 Å². The van der Waals surface area contributed by atoms with Crippen molar-refractivity contribution in [2.75, 3.05) is 27.8 Å². The largest absolute Gasteiger partial charge is 0.381 e. The highest BCUT2D eigenvalue weighted by Crippen LogP contribution is 2.43. The second-order valence-electron chi connectivity index (χ2n) is 11.5. The molecule has 3 aliphatic rings. The van der Waals surface area contributed by atoms with Crippen LogP contribution in [0.2, 0.25) is 0 Å². The van der Waals surface area contributed by atoms with E-state index in [1.807, 2.05) is 30.7 Å². The van der Waals surface area contributed by atoms with E-state index in [9.17, 15) is 9.18 Å². The summed E-state index contributed by atoms with van der Waals surface area (Å²) in [7, 11) is 5.50. The molecule has 2 aliphatic carbocycles. The molecule has 7 nitrogen and oxygen atoms in total. The number of ether oxygens (including phenoxy) is 2. The van der Waals surface area contributed by atoms with E-state index in [2.05, 4.69) is 21.8 Å². The number of nitrogens with one attached hydrogen (secondary N) is 1. The van der Waals surface area contributed by atoms with E-state index in [0.29, 0.717) is 30.1 Å². The van der Waals surface area contributed by atoms with Crippen molar-refractivity contribution in [3.8, 4) is 0 Å². The maximum atomic E-state index is 13.9. The van der Waals surface area contributed by atoms with Crippen LogP contribution in [0.3, 0.4) is 0 Å². The second-order valence-corrected chi connectivity index (χ2v) is 11.5. The van der Waals surface area contributed by atoms with Crippen LogP contribution in [0.15, 0.2) is 18.7 Å². The molecule has 1 saturated heterocycles. The molecule has 8 unspecified atom stereocenters. The number of alkyl halides is 1. The van der Waals surface area contributed by atoms with E-state index >= 15 is 0 Å². The molecular weight excluding hydrogens is 447 g/mol. The quantitative estimate of drug-likeness (QED) is 0.558. The molecule has 2 saturated carbocycles. The van der Waals surface area contributed by atoms with Gasteiger partial charge in [0.25, 0.3) is 0 Å². The lowest BCUT2D eigenvalue weighted by atomic mass is 9.66. The number of imidazole rings is 1. The van der Waals surface area contributed by atoms with Crippen LogP contribution in [0.1, 0.15) is 58.3 Å². The van der Waals surface area contributed by atoms with E-state index in [-0.39, 0.29) is 30.1 Å². The maximum Gasteiger partial charge on any atom is 0.225 e. The van der Waals surface area contributed by atoms with Crippen LogP contribution in [-0.2, 0) is 20.8 Å². The van der Waals surface area contributed by atoms with Crippen molar-refractivity contribution in [2.24, 2.45) is 29.6 Å². The Morgan fingerprint density at radius 1 is 1.09 bits per heavy atom. The van der Waals surface area contributed by atoms with E-state index < -0.39 is 6.30 Å². The number of halogens is 1. The van der Waals surface area contributed by atoms with Gasteiger partial charge in [0.05, 0.1) is 18.5 Å². The maximum absolute atomic E-state index is 13.9. The number of piperidine rings is 1. The number of methoxy groups -OCH3 is 2. The van der Waals surface area contributed by atoms with Gasteiger partial charge in [0.2, 0.25) is 5.91 Å². The van der Waals surface area contributed by atoms with Crippen LogP contribution in [0.25, 0.3) is 0 Å². The van der Waals surface area contributed by atoms with Crippen molar-refractivity contribution in [1.82, 2.24) is 19.8 Å². The van der Waals surface area contributed by atoms with E-state index in [0.717, 1.165) is 58.0 Å². The fourth-order valence-electron chi connectivity index (χ4n) is 7.25. The van der Waals surface area contributed by atoms with Gasteiger partial charge in [0, 0.05) is 58.7 Å². The van der Waals surface area contributed by atoms with E-state index in [1.54, 1.807) is 14.2 Å². The standard InChI is InChI=1S/C27H45FN4O3/c1-18-25(5-6-26(28)30-18)21-9-19(16-32-8-7-29-17-32)10-22(13-21)27(33)31(2)15-20-11-23(34-3)14-24(12-20)35-4/h7-8,17-26,30H,5-6,9-16H2,1-4H3. The molecule has 1 aromatic rings. The van der Waals surface area contributed by atoms with E-state index in [1.165, 1.54) is 0 Å². The van der Waals surface area contributed by atoms with Gasteiger partial charge in [-0.05, 0) is 82.0 Å². The lowest BCUT2D eigenvalue weighted by molar-refractivity contribution is -0.138. The molecule has 2 heterocycles. The van der Waals surface area contributed by atoms with Gasteiger partial charge in [-0.2, -0.15) is 0 Å². The molecule has 0 radical (unpaired) electrons. The molecule has 198 valence electrons. The van der Waals surface area contributed by atoms with Crippen molar-refractivity contribution < 1.29 is 18.7 Å². The number of hydrogen-bond acceptors (Lipinski definition) is 5. The topological polar surface area (TPSA) is 68.6 Å². The number of amides is 1. The number of carbonyl (C=O) groups is 1. The first-order valence-corrected chi connectivity index (χ1v) is 13.5. The SMILES string of the molecule is COC1CC(CN(C)C(=O)C2CC(Cn3ccnc3)CC(C3CCC(F)NC3C)C2)CC(OC)C1. The van der Waals surface area contributed by atoms with Crippen LogP contribution in [0, 0.1) is 29.6 Å². The Bertz CT molecular complexity index is 781. The van der Waals surface area contributed by atoms with Crippen LogP contribution in [0.5, 0.6) is 0 Å². The lowest BCUT2D eigenvalue weighted by Crippen LogP contribution is -2.49. The number of nitrogens with zero attached hydrogens (tertiary/aromatic N) is 3. The Morgan fingerprint density at radius 2 is 1.83 bits per heavy atom. The third kappa shape index (κ3) is 6.83. The molecule has 0 bridgehead atoms. The third-order valence-electron chi connectivity index (χ3n) is 8.96. The highest BCUT2D eigenvalue weighted by molar-refractivity contribution is 5.78. The highest BCUT2D eigenvalue weighted by atomic mass is 19.1. The zero-order chi connectivity index (χ0) is 24.9. The minimum absolute atomic E-state index is 0.0163. The molecule has 35 heavy (non-hydrogen) atoms. The van der Waals surface area contributed by atoms with Crippen LogP contribution in [0.4, 0.5) is 4.39 Å². The molecule has 0 aromatic carbocycles. The van der Waals surface area contributed by atoms with Gasteiger partial charge in [-0.3, -0.25) is 10.1 Å². The summed E-state index contributed by atoms with van der Waals surface area (Å²) in [6, 6.07) is 0.142. The fraction of sp³-hybridized carbons (Fsp3) is 0.852. The van der Waals surface area contributed by atoms with Crippen molar-refractivity contribution in [2.45, 2.75) is 89.4 Å². The first-order valence-electron chi connectivity index (χ1n) is 13.5. The molecule has 1 aliphatic heterocycles. The van der Waals surface area contributed by atoms with Gasteiger partial charge in [-0.15, -0.1) is 0 Å². The molecule has 1 aromatic heterocycles. The summed E-state index contributed by atoms with van der Waals surface area (Å²) in [5.74, 6) is 1.93. The predicted octanol–water partition coefficient (Wildman–Crippen LogP) is 3.89. The van der Waals surface area contributed by atoms with Gasteiger partial charge in [0.15, 0.2) is 6.30 Å². The minimum Gasteiger partial charge on any atom is -0.381 e. The second kappa shape index (κ2) is 12.2. The van der Waals surface area contributed by atoms with Gasteiger partial charge in [-0.1, -0.05) is 0 Å². The van der Waals surface area contributed by atoms with Gasteiger partial charge in [0.1, 0.15) is 0 Å². The predicted molar refractivity (Wildman–Crippen MR) is 133 cm³/mol. The Kier molecular flexibility index (Phi) is 9.22. The zero-order valence-corrected chi connectivity index (χ0v) is 21.9. The molecule has 4 rings (SSSR count). The molecule has 8 heteroatoms. The summed E-state index contributed by atoms with van der Waals surface area (Å²) >= 11 is 0. The summed E-state index contributed by atoms with van der Waals surface area (Å²) in [5.41, 5.74) is 0. The molecule has 1 N–H and O–H groups in total. The minimum atomic E-state index is -0.905. The summed E-state index contributed by atoms with van der Waals surface area (Å²) in [5, 5.41) is 3.13. The summed E-state index contributed by atoms with van der Waals surface area (Å²) in [6.07, 6.45) is 12.4. The molecule has 3 fully saturated rings. The zero-order valence-electron chi connectivity index (χ0n) is 21.9. The first kappa shape index (κ1) is 26.6. The summed E-state index contributed by atoms with van der Waals surface area (Å²) in [4.78, 5) is 19.9. The Balaban J connectivity index is 1.43. The third-order valence-corrected chi connectivity index (χ3v) is 8.96. The average molecular weight is 493 g/mol. The van der Waals surface area contributed by atoms with Crippen LogP contribution < -0.4 is 5.32 Å². The Hall–Kier alpha value is -1.51. The van der Waals surface area contributed by atoms with Gasteiger partial charge < -0.3 is 18.9 Å². The Labute approximate surface area is 210 Å². The van der Waals surface area contributed by atoms with Gasteiger partial charge in [-0.25, -0.2) is 9.37 Å². The molecule has 8 atom stereocenters. The number of hydrogen-bond donors (Lipinski definition) is 1.